The topological polar surface area (TPSA) is 34.1 Å². The Morgan fingerprint density at radius 2 is 2.19 bits per heavy atom. The number of aromatic nitrogens is 1. The molecule has 0 bridgehead atoms. The van der Waals surface area contributed by atoms with Gasteiger partial charge in [-0.3, -0.25) is 0 Å². The molecule has 0 aliphatic heterocycles. The van der Waals surface area contributed by atoms with Crippen LogP contribution in [-0.2, 0) is 4.74 Å². The Labute approximate surface area is 99.4 Å². The third-order valence-electron chi connectivity index (χ3n) is 2.31. The van der Waals surface area contributed by atoms with Crippen molar-refractivity contribution < 1.29 is 4.74 Å². The standard InChI is InChI=1S/C12H13ClN2O/c1-16-7-6-14-11-8-12(13)15-10-5-3-2-4-9(10)11/h2-5,8H,6-7H2,1H3,(H,14,15). The molecule has 0 saturated carbocycles. The molecule has 0 radical (unpaired) electrons. The molecule has 0 fully saturated rings. The number of benzene rings is 1. The summed E-state index contributed by atoms with van der Waals surface area (Å²) in [6.07, 6.45) is 0. The predicted molar refractivity (Wildman–Crippen MR) is 67.1 cm³/mol. The van der Waals surface area contributed by atoms with E-state index in [0.717, 1.165) is 23.1 Å². The highest BCUT2D eigenvalue weighted by atomic mass is 35.5. The van der Waals surface area contributed by atoms with Gasteiger partial charge in [-0.1, -0.05) is 29.8 Å². The van der Waals surface area contributed by atoms with E-state index in [0.29, 0.717) is 11.8 Å². The molecule has 0 amide bonds. The van der Waals surface area contributed by atoms with Crippen molar-refractivity contribution in [1.82, 2.24) is 4.98 Å². The molecule has 1 heterocycles. The van der Waals surface area contributed by atoms with Crippen molar-refractivity contribution in [3.63, 3.8) is 0 Å². The summed E-state index contributed by atoms with van der Waals surface area (Å²) in [5.41, 5.74) is 1.89. The summed E-state index contributed by atoms with van der Waals surface area (Å²) in [6, 6.07) is 9.74. The lowest BCUT2D eigenvalue weighted by Crippen LogP contribution is -2.08. The van der Waals surface area contributed by atoms with Gasteiger partial charge in [0.25, 0.3) is 0 Å². The minimum atomic E-state index is 0.499. The molecule has 1 N–H and O–H groups in total. The zero-order chi connectivity index (χ0) is 11.4. The Balaban J connectivity index is 2.34. The second-order valence-electron chi connectivity index (χ2n) is 3.43. The Morgan fingerprint density at radius 1 is 1.38 bits per heavy atom. The monoisotopic (exact) mass is 236 g/mol. The van der Waals surface area contributed by atoms with Gasteiger partial charge in [0, 0.05) is 24.7 Å². The Bertz CT molecular complexity index is 487. The van der Waals surface area contributed by atoms with Gasteiger partial charge in [0.15, 0.2) is 0 Å². The zero-order valence-corrected chi connectivity index (χ0v) is 9.79. The highest BCUT2D eigenvalue weighted by Gasteiger charge is 2.03. The van der Waals surface area contributed by atoms with Gasteiger partial charge < -0.3 is 10.1 Å². The van der Waals surface area contributed by atoms with E-state index in [9.17, 15) is 0 Å². The van der Waals surface area contributed by atoms with Crippen LogP contribution in [0.2, 0.25) is 5.15 Å². The first kappa shape index (κ1) is 11.2. The molecule has 84 valence electrons. The number of hydrogen-bond acceptors (Lipinski definition) is 3. The van der Waals surface area contributed by atoms with E-state index >= 15 is 0 Å². The van der Waals surface area contributed by atoms with Gasteiger partial charge in [0.2, 0.25) is 0 Å². The quantitative estimate of drug-likeness (QED) is 0.655. The van der Waals surface area contributed by atoms with Gasteiger partial charge in [-0.05, 0) is 12.1 Å². The molecule has 0 spiro atoms. The lowest BCUT2D eigenvalue weighted by molar-refractivity contribution is 0.211. The number of halogens is 1. The molecule has 1 aromatic heterocycles. The average Bonchev–Trinajstić information content (AvgIpc) is 2.29. The minimum absolute atomic E-state index is 0.499. The van der Waals surface area contributed by atoms with Crippen LogP contribution in [0.3, 0.4) is 0 Å². The van der Waals surface area contributed by atoms with Crippen molar-refractivity contribution in [2.75, 3.05) is 25.6 Å². The average molecular weight is 237 g/mol. The van der Waals surface area contributed by atoms with Gasteiger partial charge in [-0.2, -0.15) is 0 Å². The second kappa shape index (κ2) is 5.14. The molecule has 0 atom stereocenters. The molecule has 0 unspecified atom stereocenters. The summed E-state index contributed by atoms with van der Waals surface area (Å²) >= 11 is 5.95. The van der Waals surface area contributed by atoms with Gasteiger partial charge in [0.05, 0.1) is 12.1 Å². The predicted octanol–water partition coefficient (Wildman–Crippen LogP) is 2.95. The van der Waals surface area contributed by atoms with Crippen LogP contribution in [0.1, 0.15) is 0 Å². The molecular weight excluding hydrogens is 224 g/mol. The Hall–Kier alpha value is -1.32. The summed E-state index contributed by atoms with van der Waals surface area (Å²) in [7, 11) is 1.68. The smallest absolute Gasteiger partial charge is 0.131 e. The number of hydrogen-bond donors (Lipinski definition) is 1. The number of nitrogens with zero attached hydrogens (tertiary/aromatic N) is 1. The summed E-state index contributed by atoms with van der Waals surface area (Å²) in [4.78, 5) is 4.26. The first-order valence-electron chi connectivity index (χ1n) is 5.09. The van der Waals surface area contributed by atoms with Crippen LogP contribution in [0.5, 0.6) is 0 Å². The lowest BCUT2D eigenvalue weighted by atomic mass is 10.2. The molecule has 1 aromatic carbocycles. The molecule has 0 aliphatic rings. The normalized spacial score (nSPS) is 10.6. The Morgan fingerprint density at radius 3 is 3.00 bits per heavy atom. The van der Waals surface area contributed by atoms with Crippen LogP contribution in [-0.4, -0.2) is 25.2 Å². The van der Waals surface area contributed by atoms with Crippen LogP contribution in [0.15, 0.2) is 30.3 Å². The van der Waals surface area contributed by atoms with Gasteiger partial charge in [0.1, 0.15) is 5.15 Å². The maximum Gasteiger partial charge on any atom is 0.131 e. The maximum atomic E-state index is 5.95. The highest BCUT2D eigenvalue weighted by molar-refractivity contribution is 6.30. The number of pyridine rings is 1. The highest BCUT2D eigenvalue weighted by Crippen LogP contribution is 2.24. The van der Waals surface area contributed by atoms with E-state index in [-0.39, 0.29) is 0 Å². The maximum absolute atomic E-state index is 5.95. The summed E-state index contributed by atoms with van der Waals surface area (Å²) in [5, 5.41) is 4.85. The third kappa shape index (κ3) is 2.43. The molecule has 3 nitrogen and oxygen atoms in total. The molecule has 2 aromatic rings. The van der Waals surface area contributed by atoms with Crippen molar-refractivity contribution in [2.24, 2.45) is 0 Å². The number of nitrogens with one attached hydrogen (secondary N) is 1. The van der Waals surface area contributed by atoms with Crippen molar-refractivity contribution >= 4 is 28.2 Å². The van der Waals surface area contributed by atoms with Crippen molar-refractivity contribution in [3.8, 4) is 0 Å². The minimum Gasteiger partial charge on any atom is -0.383 e. The van der Waals surface area contributed by atoms with Crippen molar-refractivity contribution in [3.05, 3.63) is 35.5 Å². The number of anilines is 1. The van der Waals surface area contributed by atoms with Gasteiger partial charge in [-0.15, -0.1) is 0 Å². The number of methoxy groups -OCH3 is 1. The number of rotatable bonds is 4. The lowest BCUT2D eigenvalue weighted by Gasteiger charge is -2.09. The van der Waals surface area contributed by atoms with Gasteiger partial charge >= 0.3 is 0 Å². The van der Waals surface area contributed by atoms with Gasteiger partial charge in [-0.25, -0.2) is 4.98 Å². The SMILES string of the molecule is COCCNc1cc(Cl)nc2ccccc12. The second-order valence-corrected chi connectivity index (χ2v) is 3.82. The molecule has 0 saturated heterocycles. The number of para-hydroxylation sites is 1. The molecule has 4 heteroatoms. The molecular formula is C12H13ClN2O. The first-order valence-corrected chi connectivity index (χ1v) is 5.47. The summed E-state index contributed by atoms with van der Waals surface area (Å²) in [6.45, 7) is 1.41. The van der Waals surface area contributed by atoms with Crippen LogP contribution in [0.25, 0.3) is 10.9 Å². The zero-order valence-electron chi connectivity index (χ0n) is 9.03. The van der Waals surface area contributed by atoms with Crippen LogP contribution < -0.4 is 5.32 Å². The Kier molecular flexibility index (Phi) is 3.59. The van der Waals surface area contributed by atoms with E-state index in [1.807, 2.05) is 30.3 Å². The molecule has 2 rings (SSSR count). The first-order chi connectivity index (χ1) is 7.81. The fraction of sp³-hybridized carbons (Fsp3) is 0.250. The molecule has 0 aliphatic carbocycles. The van der Waals surface area contributed by atoms with Crippen LogP contribution in [0.4, 0.5) is 5.69 Å². The van der Waals surface area contributed by atoms with E-state index in [2.05, 4.69) is 10.3 Å². The van der Waals surface area contributed by atoms with E-state index in [1.165, 1.54) is 0 Å². The number of ether oxygens (including phenoxy) is 1. The van der Waals surface area contributed by atoms with Crippen LogP contribution >= 0.6 is 11.6 Å². The van der Waals surface area contributed by atoms with E-state index in [1.54, 1.807) is 7.11 Å². The molecule has 16 heavy (non-hydrogen) atoms. The van der Waals surface area contributed by atoms with Crippen LogP contribution in [0, 0.1) is 0 Å². The van der Waals surface area contributed by atoms with Crippen molar-refractivity contribution in [1.29, 1.82) is 0 Å². The fourth-order valence-electron chi connectivity index (χ4n) is 1.58. The van der Waals surface area contributed by atoms with Crippen molar-refractivity contribution in [2.45, 2.75) is 0 Å². The fourth-order valence-corrected chi connectivity index (χ4v) is 1.78. The van der Waals surface area contributed by atoms with E-state index < -0.39 is 0 Å². The summed E-state index contributed by atoms with van der Waals surface area (Å²) < 4.78 is 4.99. The number of fused-ring (bicyclic) bond motifs is 1. The summed E-state index contributed by atoms with van der Waals surface area (Å²) in [5.74, 6) is 0. The largest absolute Gasteiger partial charge is 0.383 e. The third-order valence-corrected chi connectivity index (χ3v) is 2.50. The van der Waals surface area contributed by atoms with E-state index in [4.69, 9.17) is 16.3 Å².